The van der Waals surface area contributed by atoms with E-state index in [2.05, 4.69) is 11.4 Å². The Kier molecular flexibility index (Phi) is 11.1. The van der Waals surface area contributed by atoms with Crippen LogP contribution in [0, 0.1) is 0 Å². The Morgan fingerprint density at radius 3 is 2.17 bits per heavy atom. The van der Waals surface area contributed by atoms with Crippen LogP contribution in [0.3, 0.4) is 0 Å². The maximum atomic E-state index is 13.5. The van der Waals surface area contributed by atoms with Crippen molar-refractivity contribution in [2.24, 2.45) is 0 Å². The highest BCUT2D eigenvalue weighted by Gasteiger charge is 2.38. The lowest BCUT2D eigenvalue weighted by Gasteiger charge is -2.37. The average Bonchev–Trinajstić information content (AvgIpc) is 3.51. The van der Waals surface area contributed by atoms with Gasteiger partial charge in [-0.3, -0.25) is 4.79 Å². The lowest BCUT2D eigenvalue weighted by Crippen LogP contribution is -2.44. The van der Waals surface area contributed by atoms with Gasteiger partial charge in [0.1, 0.15) is 5.75 Å². The number of carboxylic acid groups (broad SMARTS) is 1. The molecule has 1 aliphatic rings. The van der Waals surface area contributed by atoms with Crippen molar-refractivity contribution in [2.45, 2.75) is 57.1 Å². The molecule has 40 heavy (non-hydrogen) atoms. The SMILES string of the molecule is CNC1CCC(N(Cc2cc(-c3ccc(CO)cc3)ccc2OC)C(=O)c2cccs2)CC1.O=C(O)C(F)(F)F. The first kappa shape index (κ1) is 31.1. The van der Waals surface area contributed by atoms with E-state index in [1.165, 1.54) is 11.3 Å². The zero-order valence-electron chi connectivity index (χ0n) is 22.3. The Hall–Kier alpha value is -3.41. The van der Waals surface area contributed by atoms with Crippen LogP contribution < -0.4 is 10.1 Å². The molecule has 1 fully saturated rings. The van der Waals surface area contributed by atoms with Crippen LogP contribution in [-0.4, -0.2) is 59.4 Å². The molecule has 0 bridgehead atoms. The van der Waals surface area contributed by atoms with Gasteiger partial charge in [-0.25, -0.2) is 4.79 Å². The van der Waals surface area contributed by atoms with Crippen molar-refractivity contribution >= 4 is 23.2 Å². The van der Waals surface area contributed by atoms with Crippen LogP contribution in [-0.2, 0) is 17.9 Å². The van der Waals surface area contributed by atoms with Crippen molar-refractivity contribution in [1.29, 1.82) is 0 Å². The van der Waals surface area contributed by atoms with E-state index in [-0.39, 0.29) is 18.6 Å². The van der Waals surface area contributed by atoms with Gasteiger partial charge in [0.15, 0.2) is 0 Å². The van der Waals surface area contributed by atoms with Gasteiger partial charge in [-0.1, -0.05) is 36.4 Å². The number of carboxylic acids is 1. The number of carbonyl (C=O) groups excluding carboxylic acids is 1. The number of methoxy groups -OCH3 is 1. The van der Waals surface area contributed by atoms with E-state index in [1.807, 2.05) is 65.9 Å². The molecule has 1 aliphatic carbocycles. The molecule has 1 saturated carbocycles. The van der Waals surface area contributed by atoms with E-state index < -0.39 is 12.1 Å². The van der Waals surface area contributed by atoms with Gasteiger partial charge in [0.05, 0.1) is 18.6 Å². The fourth-order valence-corrected chi connectivity index (χ4v) is 5.33. The summed E-state index contributed by atoms with van der Waals surface area (Å²) in [5.74, 6) is -1.87. The van der Waals surface area contributed by atoms with Crippen molar-refractivity contribution in [1.82, 2.24) is 10.2 Å². The van der Waals surface area contributed by atoms with Crippen molar-refractivity contribution < 1.29 is 37.7 Å². The van der Waals surface area contributed by atoms with E-state index in [0.29, 0.717) is 12.6 Å². The summed E-state index contributed by atoms with van der Waals surface area (Å²) in [6.07, 6.45) is -0.950. The monoisotopic (exact) mass is 578 g/mol. The lowest BCUT2D eigenvalue weighted by atomic mass is 9.89. The average molecular weight is 579 g/mol. The predicted molar refractivity (Wildman–Crippen MR) is 147 cm³/mol. The Balaban J connectivity index is 0.000000559. The molecule has 0 aliphatic heterocycles. The molecule has 3 N–H and O–H groups in total. The van der Waals surface area contributed by atoms with E-state index >= 15 is 0 Å². The maximum Gasteiger partial charge on any atom is 0.490 e. The molecule has 1 amide bonds. The number of benzene rings is 2. The van der Waals surface area contributed by atoms with Crippen LogP contribution in [0.15, 0.2) is 60.0 Å². The summed E-state index contributed by atoms with van der Waals surface area (Å²) in [6.45, 7) is 0.543. The highest BCUT2D eigenvalue weighted by atomic mass is 32.1. The minimum absolute atomic E-state index is 0.0315. The second kappa shape index (κ2) is 14.3. The number of ether oxygens (including phenoxy) is 1. The third-order valence-electron chi connectivity index (χ3n) is 6.87. The topological polar surface area (TPSA) is 99.1 Å². The number of thiophene rings is 1. The second-order valence-electron chi connectivity index (χ2n) is 9.39. The standard InChI is InChI=1S/C27H32N2O3S.C2HF3O2/c1-28-23-10-12-24(13-11-23)29(27(31)26-4-3-15-33-26)17-22-16-21(9-14-25(22)32-2)20-7-5-19(18-30)6-8-20;3-2(4,5)1(6)7/h3-9,14-16,23-24,28,30H,10-13,17-18H2,1-2H3;(H,6,7). The van der Waals surface area contributed by atoms with E-state index in [1.54, 1.807) is 7.11 Å². The third kappa shape index (κ3) is 8.30. The molecule has 1 heterocycles. The number of aliphatic carboxylic acids is 1. The smallest absolute Gasteiger partial charge is 0.490 e. The summed E-state index contributed by atoms with van der Waals surface area (Å²) in [5.41, 5.74) is 4.03. The van der Waals surface area contributed by atoms with Crippen molar-refractivity contribution in [2.75, 3.05) is 14.2 Å². The predicted octanol–water partition coefficient (Wildman–Crippen LogP) is 5.72. The Morgan fingerprint density at radius 1 is 1.05 bits per heavy atom. The largest absolute Gasteiger partial charge is 0.496 e. The number of aliphatic hydroxyl groups excluding tert-OH is 1. The number of rotatable bonds is 8. The number of amides is 1. The normalized spacial score (nSPS) is 16.9. The molecule has 0 unspecified atom stereocenters. The van der Waals surface area contributed by atoms with Crippen LogP contribution in [0.25, 0.3) is 11.1 Å². The van der Waals surface area contributed by atoms with Gasteiger partial charge >= 0.3 is 12.1 Å². The van der Waals surface area contributed by atoms with Crippen LogP contribution in [0.5, 0.6) is 5.75 Å². The number of nitrogens with zero attached hydrogens (tertiary/aromatic N) is 1. The molecule has 0 atom stereocenters. The fourth-order valence-electron chi connectivity index (χ4n) is 4.65. The van der Waals surface area contributed by atoms with Gasteiger partial charge in [0.2, 0.25) is 0 Å². The Bertz CT molecular complexity index is 1240. The van der Waals surface area contributed by atoms with Crippen molar-refractivity contribution in [3.05, 3.63) is 76.0 Å². The van der Waals surface area contributed by atoms with E-state index in [0.717, 1.165) is 58.6 Å². The summed E-state index contributed by atoms with van der Waals surface area (Å²) >= 11 is 1.50. The maximum absolute atomic E-state index is 13.5. The quantitative estimate of drug-likeness (QED) is 0.316. The molecule has 2 aromatic carbocycles. The van der Waals surface area contributed by atoms with Gasteiger partial charge in [-0.05, 0) is 73.0 Å². The van der Waals surface area contributed by atoms with Gasteiger partial charge in [-0.2, -0.15) is 13.2 Å². The van der Waals surface area contributed by atoms with Crippen LogP contribution in [0.1, 0.15) is 46.5 Å². The highest BCUT2D eigenvalue weighted by Crippen LogP contribution is 2.32. The number of aliphatic hydroxyl groups is 1. The van der Waals surface area contributed by atoms with E-state index in [4.69, 9.17) is 14.6 Å². The summed E-state index contributed by atoms with van der Waals surface area (Å²) in [6, 6.07) is 18.6. The third-order valence-corrected chi connectivity index (χ3v) is 7.73. The Morgan fingerprint density at radius 2 is 1.68 bits per heavy atom. The zero-order chi connectivity index (χ0) is 29.3. The van der Waals surface area contributed by atoms with Crippen molar-refractivity contribution in [3.63, 3.8) is 0 Å². The number of halogens is 3. The first-order chi connectivity index (χ1) is 19.1. The molecule has 0 saturated heterocycles. The summed E-state index contributed by atoms with van der Waals surface area (Å²) < 4.78 is 37.4. The molecule has 0 spiro atoms. The molecule has 4 rings (SSSR count). The fraction of sp³-hybridized carbons (Fsp3) is 0.379. The van der Waals surface area contributed by atoms with Gasteiger partial charge in [0, 0.05) is 24.2 Å². The second-order valence-corrected chi connectivity index (χ2v) is 10.3. The first-order valence-electron chi connectivity index (χ1n) is 12.8. The van der Waals surface area contributed by atoms with Crippen LogP contribution in [0.4, 0.5) is 13.2 Å². The molecule has 11 heteroatoms. The first-order valence-corrected chi connectivity index (χ1v) is 13.6. The molecule has 7 nitrogen and oxygen atoms in total. The Labute approximate surface area is 235 Å². The zero-order valence-corrected chi connectivity index (χ0v) is 23.1. The minimum atomic E-state index is -5.08. The number of hydrogen-bond donors (Lipinski definition) is 3. The van der Waals surface area contributed by atoms with Gasteiger partial charge in [-0.15, -0.1) is 11.3 Å². The summed E-state index contributed by atoms with van der Waals surface area (Å²) in [4.78, 5) is 25.3. The molecule has 1 aromatic heterocycles. The van der Waals surface area contributed by atoms with Gasteiger partial charge in [0.25, 0.3) is 5.91 Å². The number of alkyl halides is 3. The molecular weight excluding hydrogens is 545 g/mol. The summed E-state index contributed by atoms with van der Waals surface area (Å²) in [5, 5.41) is 21.8. The highest BCUT2D eigenvalue weighted by molar-refractivity contribution is 7.12. The molecule has 3 aromatic rings. The number of hydrogen-bond acceptors (Lipinski definition) is 6. The van der Waals surface area contributed by atoms with Crippen molar-refractivity contribution in [3.8, 4) is 16.9 Å². The van der Waals surface area contributed by atoms with E-state index in [9.17, 15) is 23.1 Å². The molecular formula is C29H33F3N2O5S. The number of carbonyl (C=O) groups is 2. The number of nitrogens with one attached hydrogen (secondary N) is 1. The molecule has 0 radical (unpaired) electrons. The van der Waals surface area contributed by atoms with Crippen LogP contribution >= 0.6 is 11.3 Å². The van der Waals surface area contributed by atoms with Gasteiger partial charge < -0.3 is 25.2 Å². The molecule has 216 valence electrons. The summed E-state index contributed by atoms with van der Waals surface area (Å²) in [7, 11) is 3.70. The minimum Gasteiger partial charge on any atom is -0.496 e. The lowest BCUT2D eigenvalue weighted by molar-refractivity contribution is -0.192. The van der Waals surface area contributed by atoms with Crippen LogP contribution in [0.2, 0.25) is 0 Å².